The first-order valence-electron chi connectivity index (χ1n) is 4.03. The molecule has 10 heavy (non-hydrogen) atoms. The minimum absolute atomic E-state index is 0.494. The molecule has 0 spiro atoms. The Morgan fingerprint density at radius 2 is 2.10 bits per heavy atom. The molecule has 3 unspecified atom stereocenters. The van der Waals surface area contributed by atoms with Crippen LogP contribution in [-0.2, 0) is 0 Å². The summed E-state index contributed by atoms with van der Waals surface area (Å²) in [5.74, 6) is 0. The molecular formula is C7H14NPS. The molecule has 4 atom stereocenters. The summed E-state index contributed by atoms with van der Waals surface area (Å²) in [5, 5.41) is 1.44. The zero-order valence-corrected chi connectivity index (χ0v) is 7.86. The van der Waals surface area contributed by atoms with Gasteiger partial charge in [0.2, 0.25) is 0 Å². The monoisotopic (exact) mass is 175 g/mol. The van der Waals surface area contributed by atoms with E-state index in [-0.39, 0.29) is 0 Å². The molecule has 3 heteroatoms. The van der Waals surface area contributed by atoms with E-state index < -0.39 is 0 Å². The quantitative estimate of drug-likeness (QED) is 0.569. The molecule has 0 amide bonds. The summed E-state index contributed by atoms with van der Waals surface area (Å²) in [4.78, 5) is 0. The van der Waals surface area contributed by atoms with Crippen molar-refractivity contribution < 1.29 is 0 Å². The number of thioether (sulfide) groups is 1. The van der Waals surface area contributed by atoms with Gasteiger partial charge in [-0.1, -0.05) is 21.4 Å². The number of nitrogens with two attached hydrogens (primary N) is 1. The average molecular weight is 175 g/mol. The van der Waals surface area contributed by atoms with E-state index in [0.29, 0.717) is 5.11 Å². The molecule has 0 bridgehead atoms. The molecule has 0 aromatic carbocycles. The molecule has 2 aliphatic rings. The molecule has 0 radical (unpaired) electrons. The fourth-order valence-corrected chi connectivity index (χ4v) is 5.90. The highest BCUT2D eigenvalue weighted by molar-refractivity contribution is 8.06. The Morgan fingerprint density at radius 1 is 1.30 bits per heavy atom. The van der Waals surface area contributed by atoms with Gasteiger partial charge in [-0.05, 0) is 18.5 Å². The van der Waals surface area contributed by atoms with E-state index >= 15 is 0 Å². The zero-order chi connectivity index (χ0) is 6.97. The van der Waals surface area contributed by atoms with Crippen LogP contribution in [0.4, 0.5) is 0 Å². The molecule has 1 saturated carbocycles. The third kappa shape index (κ3) is 1.34. The van der Waals surface area contributed by atoms with E-state index in [9.17, 15) is 0 Å². The van der Waals surface area contributed by atoms with Gasteiger partial charge >= 0.3 is 0 Å². The summed E-state index contributed by atoms with van der Waals surface area (Å²) in [7, 11) is 1.05. The van der Waals surface area contributed by atoms with Crippen LogP contribution in [0.25, 0.3) is 0 Å². The van der Waals surface area contributed by atoms with Crippen molar-refractivity contribution in [1.29, 1.82) is 0 Å². The smallest absolute Gasteiger partial charge is 0.0682 e. The lowest BCUT2D eigenvalue weighted by Crippen LogP contribution is -2.18. The average Bonchev–Trinajstić information content (AvgIpc) is 2.27. The molecule has 0 aromatic rings. The van der Waals surface area contributed by atoms with Gasteiger partial charge in [-0.15, -0.1) is 11.8 Å². The lowest BCUT2D eigenvalue weighted by molar-refractivity contribution is 0.529. The molecule has 2 fully saturated rings. The van der Waals surface area contributed by atoms with Gasteiger partial charge in [0.1, 0.15) is 0 Å². The van der Waals surface area contributed by atoms with Crippen LogP contribution in [0.1, 0.15) is 25.7 Å². The maximum atomic E-state index is 5.87. The van der Waals surface area contributed by atoms with Gasteiger partial charge in [-0.25, -0.2) is 0 Å². The SMILES string of the molecule is N[C@H]1PC2CCCCC2S1. The molecule has 2 N–H and O–H groups in total. The second kappa shape index (κ2) is 3.00. The number of rotatable bonds is 0. The minimum Gasteiger partial charge on any atom is -0.316 e. The van der Waals surface area contributed by atoms with Crippen LogP contribution in [0.3, 0.4) is 0 Å². The molecule has 1 heterocycles. The van der Waals surface area contributed by atoms with E-state index in [4.69, 9.17) is 5.73 Å². The van der Waals surface area contributed by atoms with Crippen molar-refractivity contribution in [2.45, 2.75) is 41.7 Å². The fourth-order valence-electron chi connectivity index (χ4n) is 1.89. The first kappa shape index (κ1) is 7.39. The van der Waals surface area contributed by atoms with Gasteiger partial charge in [-0.2, -0.15) is 0 Å². The van der Waals surface area contributed by atoms with E-state index in [1.165, 1.54) is 25.7 Å². The number of fused-ring (bicyclic) bond motifs is 1. The predicted octanol–water partition coefficient (Wildman–Crippen LogP) is 1.97. The summed E-state index contributed by atoms with van der Waals surface area (Å²) < 4.78 is 0. The molecule has 1 nitrogen and oxygen atoms in total. The van der Waals surface area contributed by atoms with Crippen LogP contribution in [0, 0.1) is 0 Å². The first-order valence-corrected chi connectivity index (χ1v) is 6.13. The Morgan fingerprint density at radius 3 is 2.90 bits per heavy atom. The van der Waals surface area contributed by atoms with Crippen molar-refractivity contribution >= 4 is 20.3 Å². The predicted molar refractivity (Wildman–Crippen MR) is 49.9 cm³/mol. The topological polar surface area (TPSA) is 26.0 Å². The third-order valence-corrected chi connectivity index (χ3v) is 6.12. The van der Waals surface area contributed by atoms with E-state index in [0.717, 1.165) is 19.5 Å². The van der Waals surface area contributed by atoms with Gasteiger partial charge in [0.05, 0.1) is 5.11 Å². The number of hydrogen-bond acceptors (Lipinski definition) is 2. The Bertz CT molecular complexity index is 117. The fraction of sp³-hybridized carbons (Fsp3) is 1.00. The minimum atomic E-state index is 0.494. The standard InChI is InChI=1S/C7H14NPS/c8-7-9-5-3-1-2-4-6(5)10-7/h5-7,9H,1-4,8H2/t5?,6?,7-/m0/s1. The normalized spacial score (nSPS) is 49.5. The van der Waals surface area contributed by atoms with Crippen LogP contribution >= 0.6 is 20.3 Å². The Labute approximate surface area is 68.3 Å². The summed E-state index contributed by atoms with van der Waals surface area (Å²) in [6, 6.07) is 0. The van der Waals surface area contributed by atoms with Crippen LogP contribution in [0.2, 0.25) is 0 Å². The van der Waals surface area contributed by atoms with Gasteiger partial charge in [0.15, 0.2) is 0 Å². The summed E-state index contributed by atoms with van der Waals surface area (Å²) in [6.45, 7) is 0. The maximum absolute atomic E-state index is 5.87. The van der Waals surface area contributed by atoms with Crippen LogP contribution < -0.4 is 5.73 Å². The molecule has 1 aliphatic heterocycles. The maximum Gasteiger partial charge on any atom is 0.0682 e. The second-order valence-electron chi connectivity index (χ2n) is 3.15. The Hall–Kier alpha value is 0.740. The molecule has 0 aromatic heterocycles. The highest BCUT2D eigenvalue weighted by Gasteiger charge is 2.34. The van der Waals surface area contributed by atoms with Crippen molar-refractivity contribution in [3.63, 3.8) is 0 Å². The van der Waals surface area contributed by atoms with Crippen LogP contribution in [0.5, 0.6) is 0 Å². The van der Waals surface area contributed by atoms with Crippen molar-refractivity contribution in [2.75, 3.05) is 0 Å². The van der Waals surface area contributed by atoms with Crippen LogP contribution in [0.15, 0.2) is 0 Å². The van der Waals surface area contributed by atoms with Crippen molar-refractivity contribution in [3.8, 4) is 0 Å². The van der Waals surface area contributed by atoms with E-state index in [1.54, 1.807) is 0 Å². The van der Waals surface area contributed by atoms with E-state index in [2.05, 4.69) is 0 Å². The van der Waals surface area contributed by atoms with Crippen molar-refractivity contribution in [3.05, 3.63) is 0 Å². The van der Waals surface area contributed by atoms with Gasteiger partial charge in [-0.3, -0.25) is 0 Å². The molecule has 1 aliphatic carbocycles. The molecule has 58 valence electrons. The van der Waals surface area contributed by atoms with Gasteiger partial charge in [0.25, 0.3) is 0 Å². The zero-order valence-electron chi connectivity index (χ0n) is 6.05. The van der Waals surface area contributed by atoms with Crippen LogP contribution in [-0.4, -0.2) is 16.0 Å². The highest BCUT2D eigenvalue weighted by atomic mass is 32.2. The lowest BCUT2D eigenvalue weighted by Gasteiger charge is -2.22. The van der Waals surface area contributed by atoms with Gasteiger partial charge in [0, 0.05) is 5.25 Å². The molecule has 2 rings (SSSR count). The molecule has 1 saturated heterocycles. The van der Waals surface area contributed by atoms with Crippen molar-refractivity contribution in [1.82, 2.24) is 0 Å². The summed E-state index contributed by atoms with van der Waals surface area (Å²) in [5.41, 5.74) is 6.88. The van der Waals surface area contributed by atoms with Gasteiger partial charge < -0.3 is 5.73 Å². The lowest BCUT2D eigenvalue weighted by atomic mass is 10.00. The third-order valence-electron chi connectivity index (χ3n) is 2.40. The largest absolute Gasteiger partial charge is 0.316 e. The van der Waals surface area contributed by atoms with E-state index in [1.807, 2.05) is 11.8 Å². The van der Waals surface area contributed by atoms with Crippen molar-refractivity contribution in [2.24, 2.45) is 5.73 Å². The first-order chi connectivity index (χ1) is 4.86. The highest BCUT2D eigenvalue weighted by Crippen LogP contribution is 2.51. The summed E-state index contributed by atoms with van der Waals surface area (Å²) in [6.07, 6.45) is 5.81. The summed E-state index contributed by atoms with van der Waals surface area (Å²) >= 11 is 2.04. The second-order valence-corrected chi connectivity index (χ2v) is 6.65. The Kier molecular flexibility index (Phi) is 2.22. The Balaban J connectivity index is 1.97. The number of hydrogen-bond donors (Lipinski definition) is 1. The molecular weight excluding hydrogens is 161 g/mol.